The molecule has 0 amide bonds. The number of rotatable bonds is 55. The SMILES string of the molecule is CCCCCCCCCCCCCCCCCCCCCCCCCCCCC(N)(CN)CCCCCCCCCCCCCCCCCCCCCCCCCCCC. The van der Waals surface area contributed by atoms with Crippen LogP contribution in [-0.4, -0.2) is 12.1 Å². The first-order chi connectivity index (χ1) is 29.7. The van der Waals surface area contributed by atoms with Crippen molar-refractivity contribution >= 4 is 0 Å². The Hall–Kier alpha value is -0.0800. The Morgan fingerprint density at radius 1 is 0.200 bits per heavy atom. The summed E-state index contributed by atoms with van der Waals surface area (Å²) in [5, 5.41) is 0. The molecule has 0 fully saturated rings. The van der Waals surface area contributed by atoms with Gasteiger partial charge in [-0.15, -0.1) is 0 Å². The van der Waals surface area contributed by atoms with Crippen LogP contribution in [0.5, 0.6) is 0 Å². The van der Waals surface area contributed by atoms with Gasteiger partial charge >= 0.3 is 0 Å². The molecule has 60 heavy (non-hydrogen) atoms. The van der Waals surface area contributed by atoms with E-state index in [4.69, 9.17) is 11.5 Å². The standard InChI is InChI=1S/C58H120N2/c1-3-5-7-9-11-13-15-17-19-21-23-25-27-29-31-33-35-37-39-41-43-45-47-49-51-53-55-58(60,57-59)56-54-52-50-48-46-44-42-40-38-36-34-32-30-28-26-24-22-20-18-16-14-12-10-8-6-4-2/h3-57,59-60H2,1-2H3. The molecule has 0 bridgehead atoms. The van der Waals surface area contributed by atoms with Crippen LogP contribution in [0.25, 0.3) is 0 Å². The van der Waals surface area contributed by atoms with Crippen molar-refractivity contribution in [1.82, 2.24) is 0 Å². The van der Waals surface area contributed by atoms with Crippen LogP contribution in [0.3, 0.4) is 0 Å². The van der Waals surface area contributed by atoms with Gasteiger partial charge in [-0.1, -0.05) is 348 Å². The molecule has 2 heteroatoms. The van der Waals surface area contributed by atoms with Crippen molar-refractivity contribution in [2.75, 3.05) is 6.54 Å². The fourth-order valence-corrected chi connectivity index (χ4v) is 9.91. The van der Waals surface area contributed by atoms with Gasteiger partial charge in [0.15, 0.2) is 0 Å². The molecule has 0 aromatic rings. The summed E-state index contributed by atoms with van der Waals surface area (Å²) < 4.78 is 0. The Labute approximate surface area is 382 Å². The summed E-state index contributed by atoms with van der Waals surface area (Å²) in [6.07, 6.45) is 77.6. The zero-order valence-corrected chi connectivity index (χ0v) is 42.5. The van der Waals surface area contributed by atoms with Crippen LogP contribution in [0.4, 0.5) is 0 Å². The predicted molar refractivity (Wildman–Crippen MR) is 277 cm³/mol. The van der Waals surface area contributed by atoms with Crippen LogP contribution in [0.15, 0.2) is 0 Å². The zero-order valence-electron chi connectivity index (χ0n) is 42.5. The van der Waals surface area contributed by atoms with E-state index in [-0.39, 0.29) is 5.54 Å². The van der Waals surface area contributed by atoms with Gasteiger partial charge in [0.05, 0.1) is 0 Å². The second-order valence-corrected chi connectivity index (χ2v) is 20.7. The molecule has 4 N–H and O–H groups in total. The zero-order chi connectivity index (χ0) is 43.4. The largest absolute Gasteiger partial charge is 0.329 e. The molecule has 0 atom stereocenters. The molecule has 0 aliphatic rings. The second kappa shape index (κ2) is 53.3. The lowest BCUT2D eigenvalue weighted by molar-refractivity contribution is 0.342. The summed E-state index contributed by atoms with van der Waals surface area (Å²) in [5.41, 5.74) is 12.9. The van der Waals surface area contributed by atoms with Crippen LogP contribution in [0.2, 0.25) is 0 Å². The number of hydrogen-bond acceptors (Lipinski definition) is 2. The quantitative estimate of drug-likeness (QED) is 0.0599. The maximum atomic E-state index is 6.77. The third-order valence-corrected chi connectivity index (χ3v) is 14.5. The van der Waals surface area contributed by atoms with E-state index >= 15 is 0 Å². The van der Waals surface area contributed by atoms with E-state index in [0.29, 0.717) is 6.54 Å². The maximum Gasteiger partial charge on any atom is 0.0278 e. The van der Waals surface area contributed by atoms with Crippen LogP contribution >= 0.6 is 0 Å². The molecule has 0 saturated carbocycles. The van der Waals surface area contributed by atoms with Crippen LogP contribution in [0.1, 0.15) is 361 Å². The first kappa shape index (κ1) is 59.9. The summed E-state index contributed by atoms with van der Waals surface area (Å²) in [4.78, 5) is 0. The van der Waals surface area contributed by atoms with Gasteiger partial charge in [0.1, 0.15) is 0 Å². The molecule has 2 nitrogen and oxygen atoms in total. The number of unbranched alkanes of at least 4 members (excludes halogenated alkanes) is 50. The van der Waals surface area contributed by atoms with Crippen molar-refractivity contribution in [1.29, 1.82) is 0 Å². The van der Waals surface area contributed by atoms with E-state index in [1.165, 1.54) is 334 Å². The number of hydrogen-bond donors (Lipinski definition) is 2. The summed E-state index contributed by atoms with van der Waals surface area (Å²) >= 11 is 0. The summed E-state index contributed by atoms with van der Waals surface area (Å²) in [6, 6.07) is 0. The Balaban J connectivity index is 3.31. The normalized spacial score (nSPS) is 12.0. The van der Waals surface area contributed by atoms with E-state index in [0.717, 1.165) is 12.8 Å². The lowest BCUT2D eigenvalue weighted by Gasteiger charge is -2.28. The van der Waals surface area contributed by atoms with Crippen LogP contribution in [-0.2, 0) is 0 Å². The topological polar surface area (TPSA) is 52.0 Å². The van der Waals surface area contributed by atoms with Crippen molar-refractivity contribution in [3.8, 4) is 0 Å². The molecule has 362 valence electrons. The Morgan fingerprint density at radius 3 is 0.433 bits per heavy atom. The van der Waals surface area contributed by atoms with Crippen LogP contribution < -0.4 is 11.5 Å². The fraction of sp³-hybridized carbons (Fsp3) is 1.00. The average Bonchev–Trinajstić information content (AvgIpc) is 3.26. The van der Waals surface area contributed by atoms with E-state index in [1.807, 2.05) is 0 Å². The Bertz CT molecular complexity index is 678. The molecule has 0 aliphatic carbocycles. The first-order valence-electron chi connectivity index (χ1n) is 29.2. The summed E-state index contributed by atoms with van der Waals surface area (Å²) in [5.74, 6) is 0. The molecule has 0 rings (SSSR count). The smallest absolute Gasteiger partial charge is 0.0278 e. The lowest BCUT2D eigenvalue weighted by Crippen LogP contribution is -2.46. The van der Waals surface area contributed by atoms with Gasteiger partial charge < -0.3 is 11.5 Å². The van der Waals surface area contributed by atoms with E-state index in [1.54, 1.807) is 0 Å². The van der Waals surface area contributed by atoms with Crippen molar-refractivity contribution < 1.29 is 0 Å². The Kier molecular flexibility index (Phi) is 53.2. The van der Waals surface area contributed by atoms with E-state index in [9.17, 15) is 0 Å². The van der Waals surface area contributed by atoms with Gasteiger partial charge in [-0.3, -0.25) is 0 Å². The van der Waals surface area contributed by atoms with Crippen molar-refractivity contribution in [3.63, 3.8) is 0 Å². The molecule has 0 spiro atoms. The Morgan fingerprint density at radius 2 is 0.317 bits per heavy atom. The van der Waals surface area contributed by atoms with Crippen molar-refractivity contribution in [2.24, 2.45) is 11.5 Å². The fourth-order valence-electron chi connectivity index (χ4n) is 9.91. The van der Waals surface area contributed by atoms with Crippen molar-refractivity contribution in [2.45, 2.75) is 366 Å². The predicted octanol–water partition coefficient (Wildman–Crippen LogP) is 20.7. The molecule has 0 heterocycles. The van der Waals surface area contributed by atoms with E-state index < -0.39 is 0 Å². The molecule has 0 aliphatic heterocycles. The van der Waals surface area contributed by atoms with Gasteiger partial charge in [0, 0.05) is 12.1 Å². The highest BCUT2D eigenvalue weighted by molar-refractivity contribution is 4.85. The molecule has 0 aromatic carbocycles. The molecule has 0 radical (unpaired) electrons. The monoisotopic (exact) mass is 845 g/mol. The van der Waals surface area contributed by atoms with Gasteiger partial charge in [-0.2, -0.15) is 0 Å². The molecule has 0 unspecified atom stereocenters. The summed E-state index contributed by atoms with van der Waals surface area (Å²) in [7, 11) is 0. The second-order valence-electron chi connectivity index (χ2n) is 20.7. The highest BCUT2D eigenvalue weighted by Gasteiger charge is 2.21. The van der Waals surface area contributed by atoms with Gasteiger partial charge in [-0.25, -0.2) is 0 Å². The van der Waals surface area contributed by atoms with E-state index in [2.05, 4.69) is 13.8 Å². The van der Waals surface area contributed by atoms with Gasteiger partial charge in [-0.05, 0) is 12.8 Å². The molecular formula is C58H120N2. The molecule has 0 aromatic heterocycles. The summed E-state index contributed by atoms with van der Waals surface area (Å²) in [6.45, 7) is 5.28. The highest BCUT2D eigenvalue weighted by atomic mass is 14.8. The first-order valence-corrected chi connectivity index (χ1v) is 29.2. The average molecular weight is 846 g/mol. The number of nitrogens with two attached hydrogens (primary N) is 2. The minimum Gasteiger partial charge on any atom is -0.329 e. The molecule has 0 saturated heterocycles. The van der Waals surface area contributed by atoms with Gasteiger partial charge in [0.25, 0.3) is 0 Å². The third kappa shape index (κ3) is 50.6. The van der Waals surface area contributed by atoms with Crippen molar-refractivity contribution in [3.05, 3.63) is 0 Å². The van der Waals surface area contributed by atoms with Gasteiger partial charge in [0.2, 0.25) is 0 Å². The minimum absolute atomic E-state index is 0.112. The van der Waals surface area contributed by atoms with Crippen LogP contribution in [0, 0.1) is 0 Å². The minimum atomic E-state index is -0.112. The third-order valence-electron chi connectivity index (χ3n) is 14.5. The molecular weight excluding hydrogens is 725 g/mol. The lowest BCUT2D eigenvalue weighted by atomic mass is 9.87. The highest BCUT2D eigenvalue weighted by Crippen LogP contribution is 2.22. The maximum absolute atomic E-state index is 6.77.